The zero-order chi connectivity index (χ0) is 16.9. The quantitative estimate of drug-likeness (QED) is 0.690. The lowest BCUT2D eigenvalue weighted by molar-refractivity contribution is 0.0601. The van der Waals surface area contributed by atoms with Gasteiger partial charge in [0.15, 0.2) is 5.82 Å². The predicted octanol–water partition coefficient (Wildman–Crippen LogP) is 3.05. The number of rotatable bonds is 5. The lowest BCUT2D eigenvalue weighted by atomic mass is 10.2. The number of ether oxygens (including phenoxy) is 1. The highest BCUT2D eigenvalue weighted by Crippen LogP contribution is 2.19. The van der Waals surface area contributed by atoms with Gasteiger partial charge in [-0.1, -0.05) is 5.16 Å². The Balaban J connectivity index is 1.71. The van der Waals surface area contributed by atoms with Crippen LogP contribution in [0.25, 0.3) is 0 Å². The summed E-state index contributed by atoms with van der Waals surface area (Å²) >= 11 is 0. The molecule has 0 atom stereocenters. The van der Waals surface area contributed by atoms with E-state index in [1.165, 1.54) is 13.4 Å². The average molecular weight is 325 g/mol. The molecule has 122 valence electrons. The predicted molar refractivity (Wildman–Crippen MR) is 87.6 cm³/mol. The molecule has 2 aromatic heterocycles. The molecule has 8 heteroatoms. The average Bonchev–Trinajstić information content (AvgIpc) is 3.00. The van der Waals surface area contributed by atoms with E-state index in [1.54, 1.807) is 36.4 Å². The number of hydrogen-bond donors (Lipinski definition) is 2. The Bertz CT molecular complexity index is 845. The molecule has 1 aromatic carbocycles. The van der Waals surface area contributed by atoms with E-state index in [-0.39, 0.29) is 5.97 Å². The number of nitrogens with one attached hydrogen (secondary N) is 2. The van der Waals surface area contributed by atoms with Crippen LogP contribution in [0.4, 0.5) is 23.1 Å². The lowest BCUT2D eigenvalue weighted by Gasteiger charge is -2.07. The molecule has 0 saturated heterocycles. The molecular formula is C16H15N5O3. The standard InChI is InChI=1S/C16H15N5O3/c1-10-7-15(21-24-10)20-14-8-13(17-9-18-14)19-12-5-3-11(4-6-12)16(22)23-2/h3-9H,1-2H3,(H2,17,18,19,20,21). The molecule has 3 aromatic rings. The van der Waals surface area contributed by atoms with Gasteiger partial charge < -0.3 is 19.9 Å². The number of aryl methyl sites for hydroxylation is 1. The summed E-state index contributed by atoms with van der Waals surface area (Å²) in [6, 6.07) is 10.4. The van der Waals surface area contributed by atoms with Crippen molar-refractivity contribution in [2.24, 2.45) is 0 Å². The molecule has 0 bridgehead atoms. The molecule has 8 nitrogen and oxygen atoms in total. The first-order valence-electron chi connectivity index (χ1n) is 7.12. The van der Waals surface area contributed by atoms with Crippen LogP contribution in [0.3, 0.4) is 0 Å². The third kappa shape index (κ3) is 3.67. The second kappa shape index (κ2) is 6.78. The van der Waals surface area contributed by atoms with Crippen molar-refractivity contribution < 1.29 is 14.1 Å². The molecule has 24 heavy (non-hydrogen) atoms. The summed E-state index contributed by atoms with van der Waals surface area (Å²) in [5.74, 6) is 2.07. The van der Waals surface area contributed by atoms with Crippen molar-refractivity contribution in [1.29, 1.82) is 0 Å². The van der Waals surface area contributed by atoms with Crippen LogP contribution < -0.4 is 10.6 Å². The zero-order valence-corrected chi connectivity index (χ0v) is 13.1. The Morgan fingerprint density at radius 3 is 2.38 bits per heavy atom. The number of aromatic nitrogens is 3. The van der Waals surface area contributed by atoms with Gasteiger partial charge in [0.05, 0.1) is 12.7 Å². The summed E-state index contributed by atoms with van der Waals surface area (Å²) in [6.07, 6.45) is 1.43. The molecule has 0 unspecified atom stereocenters. The molecule has 0 amide bonds. The van der Waals surface area contributed by atoms with Gasteiger partial charge in [-0.2, -0.15) is 0 Å². The second-order valence-electron chi connectivity index (χ2n) is 4.93. The van der Waals surface area contributed by atoms with Crippen molar-refractivity contribution in [3.63, 3.8) is 0 Å². The molecule has 0 aliphatic rings. The molecule has 0 radical (unpaired) electrons. The van der Waals surface area contributed by atoms with E-state index in [9.17, 15) is 4.79 Å². The topological polar surface area (TPSA) is 102 Å². The summed E-state index contributed by atoms with van der Waals surface area (Å²) in [5, 5.41) is 10.0. The Hall–Kier alpha value is -3.42. The minimum absolute atomic E-state index is 0.377. The summed E-state index contributed by atoms with van der Waals surface area (Å²) < 4.78 is 9.66. The van der Waals surface area contributed by atoms with Gasteiger partial charge in [0.2, 0.25) is 0 Å². The summed E-state index contributed by atoms with van der Waals surface area (Å²) in [6.45, 7) is 1.81. The van der Waals surface area contributed by atoms with Crippen LogP contribution in [0.2, 0.25) is 0 Å². The van der Waals surface area contributed by atoms with Gasteiger partial charge in [-0.25, -0.2) is 14.8 Å². The first kappa shape index (κ1) is 15.5. The van der Waals surface area contributed by atoms with Crippen molar-refractivity contribution in [2.75, 3.05) is 17.7 Å². The van der Waals surface area contributed by atoms with E-state index in [0.717, 1.165) is 5.69 Å². The number of esters is 1. The fourth-order valence-electron chi connectivity index (χ4n) is 2.01. The molecule has 2 heterocycles. The summed E-state index contributed by atoms with van der Waals surface area (Å²) in [4.78, 5) is 19.7. The van der Waals surface area contributed by atoms with Crippen molar-refractivity contribution >= 4 is 29.1 Å². The van der Waals surface area contributed by atoms with Gasteiger partial charge in [0.1, 0.15) is 23.7 Å². The third-order valence-corrected chi connectivity index (χ3v) is 3.13. The summed E-state index contributed by atoms with van der Waals surface area (Å²) in [5.41, 5.74) is 1.26. The number of methoxy groups -OCH3 is 1. The Morgan fingerprint density at radius 1 is 1.04 bits per heavy atom. The fourth-order valence-corrected chi connectivity index (χ4v) is 2.01. The Morgan fingerprint density at radius 2 is 1.75 bits per heavy atom. The molecule has 0 saturated carbocycles. The van der Waals surface area contributed by atoms with E-state index in [1.807, 2.05) is 6.92 Å². The van der Waals surface area contributed by atoms with Crippen molar-refractivity contribution in [2.45, 2.75) is 6.92 Å². The third-order valence-electron chi connectivity index (χ3n) is 3.13. The van der Waals surface area contributed by atoms with Gasteiger partial charge in [0.25, 0.3) is 0 Å². The van der Waals surface area contributed by atoms with Gasteiger partial charge in [-0.3, -0.25) is 0 Å². The smallest absolute Gasteiger partial charge is 0.337 e. The van der Waals surface area contributed by atoms with Crippen molar-refractivity contribution in [3.05, 3.63) is 54.0 Å². The minimum atomic E-state index is -0.377. The van der Waals surface area contributed by atoms with Crippen molar-refractivity contribution in [1.82, 2.24) is 15.1 Å². The van der Waals surface area contributed by atoms with Crippen LogP contribution in [-0.4, -0.2) is 28.2 Å². The van der Waals surface area contributed by atoms with Gasteiger partial charge in [0, 0.05) is 17.8 Å². The molecule has 0 fully saturated rings. The van der Waals surface area contributed by atoms with Crippen LogP contribution in [-0.2, 0) is 4.74 Å². The van der Waals surface area contributed by atoms with Crippen LogP contribution in [0.1, 0.15) is 16.1 Å². The maximum absolute atomic E-state index is 11.4. The van der Waals surface area contributed by atoms with Crippen molar-refractivity contribution in [3.8, 4) is 0 Å². The van der Waals surface area contributed by atoms with E-state index < -0.39 is 0 Å². The maximum Gasteiger partial charge on any atom is 0.337 e. The van der Waals surface area contributed by atoms with E-state index >= 15 is 0 Å². The SMILES string of the molecule is COC(=O)c1ccc(Nc2cc(Nc3cc(C)on3)ncn2)cc1. The van der Waals surface area contributed by atoms with Crippen LogP contribution in [0.5, 0.6) is 0 Å². The molecule has 2 N–H and O–H groups in total. The van der Waals surface area contributed by atoms with E-state index in [2.05, 4.69) is 30.5 Å². The Labute approximate surface area is 137 Å². The number of nitrogens with zero attached hydrogens (tertiary/aromatic N) is 3. The lowest BCUT2D eigenvalue weighted by Crippen LogP contribution is -2.01. The normalized spacial score (nSPS) is 10.2. The second-order valence-corrected chi connectivity index (χ2v) is 4.93. The highest BCUT2D eigenvalue weighted by atomic mass is 16.5. The van der Waals surface area contributed by atoms with Gasteiger partial charge >= 0.3 is 5.97 Å². The molecular weight excluding hydrogens is 310 g/mol. The van der Waals surface area contributed by atoms with E-state index in [4.69, 9.17) is 4.52 Å². The van der Waals surface area contributed by atoms with Crippen LogP contribution in [0, 0.1) is 6.92 Å². The monoisotopic (exact) mass is 325 g/mol. The maximum atomic E-state index is 11.4. The number of anilines is 4. The number of hydrogen-bond acceptors (Lipinski definition) is 8. The first-order valence-corrected chi connectivity index (χ1v) is 7.12. The number of carbonyl (C=O) groups is 1. The molecule has 0 aliphatic heterocycles. The van der Waals surface area contributed by atoms with E-state index in [0.29, 0.717) is 28.8 Å². The summed E-state index contributed by atoms with van der Waals surface area (Å²) in [7, 11) is 1.35. The fraction of sp³-hybridized carbons (Fsp3) is 0.125. The number of carbonyl (C=O) groups excluding carboxylic acids is 1. The first-order chi connectivity index (χ1) is 11.6. The van der Waals surface area contributed by atoms with Crippen LogP contribution in [0.15, 0.2) is 47.2 Å². The molecule has 3 rings (SSSR count). The molecule has 0 aliphatic carbocycles. The molecule has 0 spiro atoms. The van der Waals surface area contributed by atoms with Crippen LogP contribution >= 0.6 is 0 Å². The minimum Gasteiger partial charge on any atom is -0.465 e. The largest absolute Gasteiger partial charge is 0.465 e. The number of benzene rings is 1. The van der Waals surface area contributed by atoms with Gasteiger partial charge in [-0.15, -0.1) is 0 Å². The Kier molecular flexibility index (Phi) is 4.37. The highest BCUT2D eigenvalue weighted by molar-refractivity contribution is 5.89. The van der Waals surface area contributed by atoms with Gasteiger partial charge in [-0.05, 0) is 31.2 Å². The zero-order valence-electron chi connectivity index (χ0n) is 13.1. The highest BCUT2D eigenvalue weighted by Gasteiger charge is 2.06.